The minimum atomic E-state index is -0.472. The maximum absolute atomic E-state index is 12.7. The molecule has 0 bridgehead atoms. The average Bonchev–Trinajstić information content (AvgIpc) is 2.93. The molecule has 0 aromatic carbocycles. The Kier molecular flexibility index (Phi) is 15.5. The molecule has 1 N–H and O–H groups in total. The van der Waals surface area contributed by atoms with Crippen molar-refractivity contribution in [3.8, 4) is 11.1 Å². The number of ketones is 3. The minimum absolute atomic E-state index is 0.0195. The smallest absolute Gasteiger partial charge is 0.270 e. The first-order chi connectivity index (χ1) is 17.8. The molecule has 2 aromatic rings. The standard InChI is InChI=1S/C26H33N3O6.C2H6/c1-4-22(31)11-13-35-17-21(16-34-12-10-18(3)30)29-26(33)24-9-7-20(15-28-24)19-6-8-23(27-14-19)25(32)5-2;1-2/h6-9,14-15,21H,4-5,10-13,16-17H2,1-3H3,(H,29,33);1-2H3. The molecule has 1 amide bonds. The van der Waals surface area contributed by atoms with E-state index in [2.05, 4.69) is 15.3 Å². The van der Waals surface area contributed by atoms with E-state index >= 15 is 0 Å². The van der Waals surface area contributed by atoms with Crippen LogP contribution in [-0.4, -0.2) is 65.7 Å². The van der Waals surface area contributed by atoms with E-state index in [4.69, 9.17) is 9.47 Å². The van der Waals surface area contributed by atoms with Crippen LogP contribution in [0.4, 0.5) is 0 Å². The fourth-order valence-electron chi connectivity index (χ4n) is 3.03. The number of carbonyl (C=O) groups is 4. The van der Waals surface area contributed by atoms with Crippen molar-refractivity contribution < 1.29 is 28.7 Å². The summed E-state index contributed by atoms with van der Waals surface area (Å²) in [4.78, 5) is 55.5. The van der Waals surface area contributed by atoms with Gasteiger partial charge >= 0.3 is 0 Å². The molecule has 0 radical (unpaired) electrons. The Balaban J connectivity index is 0.00000334. The fourth-order valence-corrected chi connectivity index (χ4v) is 3.03. The van der Waals surface area contributed by atoms with Crippen LogP contribution in [0.15, 0.2) is 36.7 Å². The van der Waals surface area contributed by atoms with Gasteiger partial charge in [0.2, 0.25) is 0 Å². The zero-order valence-electron chi connectivity index (χ0n) is 22.5. The van der Waals surface area contributed by atoms with E-state index in [0.717, 1.165) is 11.1 Å². The Morgan fingerprint density at radius 3 is 1.81 bits per heavy atom. The monoisotopic (exact) mass is 513 g/mol. The number of nitrogens with zero attached hydrogens (tertiary/aromatic N) is 2. The van der Waals surface area contributed by atoms with Gasteiger partial charge in [-0.05, 0) is 19.1 Å². The van der Waals surface area contributed by atoms with E-state index in [1.54, 1.807) is 50.5 Å². The quantitative estimate of drug-likeness (QED) is 0.261. The fraction of sp³-hybridized carbons (Fsp3) is 0.500. The van der Waals surface area contributed by atoms with Gasteiger partial charge in [-0.3, -0.25) is 29.1 Å². The predicted octanol–water partition coefficient (Wildman–Crippen LogP) is 4.24. The first kappa shape index (κ1) is 31.7. The topological polar surface area (TPSA) is 125 Å². The Labute approximate surface area is 219 Å². The number of carbonyl (C=O) groups excluding carboxylic acids is 4. The molecule has 2 heterocycles. The van der Waals surface area contributed by atoms with Crippen LogP contribution in [0, 0.1) is 0 Å². The summed E-state index contributed by atoms with van der Waals surface area (Å²) in [5.74, 6) is -0.296. The summed E-state index contributed by atoms with van der Waals surface area (Å²) >= 11 is 0. The lowest BCUT2D eigenvalue weighted by molar-refractivity contribution is -0.120. The molecule has 2 aromatic heterocycles. The Hall–Kier alpha value is -3.30. The maximum Gasteiger partial charge on any atom is 0.270 e. The van der Waals surface area contributed by atoms with Crippen LogP contribution >= 0.6 is 0 Å². The highest BCUT2D eigenvalue weighted by molar-refractivity contribution is 5.94. The maximum atomic E-state index is 12.7. The van der Waals surface area contributed by atoms with Gasteiger partial charge in [0.25, 0.3) is 5.91 Å². The molecule has 0 spiro atoms. The van der Waals surface area contributed by atoms with Crippen molar-refractivity contribution in [2.75, 3.05) is 26.4 Å². The lowest BCUT2D eigenvalue weighted by atomic mass is 10.1. The van der Waals surface area contributed by atoms with E-state index in [-0.39, 0.29) is 55.9 Å². The number of nitrogens with one attached hydrogen (secondary N) is 1. The normalized spacial score (nSPS) is 11.2. The lowest BCUT2D eigenvalue weighted by Gasteiger charge is -2.19. The number of amides is 1. The van der Waals surface area contributed by atoms with Crippen molar-refractivity contribution in [1.82, 2.24) is 15.3 Å². The molecule has 0 aliphatic carbocycles. The van der Waals surface area contributed by atoms with Gasteiger partial charge in [-0.25, -0.2) is 0 Å². The van der Waals surface area contributed by atoms with Crippen LogP contribution in [0.25, 0.3) is 11.1 Å². The first-order valence-electron chi connectivity index (χ1n) is 12.8. The molecule has 2 rings (SSSR count). The van der Waals surface area contributed by atoms with Crippen LogP contribution in [0.5, 0.6) is 0 Å². The third-order valence-corrected chi connectivity index (χ3v) is 5.19. The van der Waals surface area contributed by atoms with Crippen molar-refractivity contribution >= 4 is 23.3 Å². The Bertz CT molecular complexity index is 990. The largest absolute Gasteiger partial charge is 0.379 e. The molecule has 1 atom stereocenters. The number of Topliss-reactive ketones (excluding diaryl/α,β-unsaturated/α-hetero) is 3. The van der Waals surface area contributed by atoms with Crippen molar-refractivity contribution in [1.29, 1.82) is 0 Å². The molecule has 37 heavy (non-hydrogen) atoms. The lowest BCUT2D eigenvalue weighted by Crippen LogP contribution is -2.42. The van der Waals surface area contributed by atoms with Crippen molar-refractivity contribution in [3.63, 3.8) is 0 Å². The van der Waals surface area contributed by atoms with Gasteiger partial charge in [0.05, 0.1) is 32.5 Å². The molecule has 9 heteroatoms. The predicted molar refractivity (Wildman–Crippen MR) is 142 cm³/mol. The Morgan fingerprint density at radius 2 is 1.35 bits per heavy atom. The van der Waals surface area contributed by atoms with Crippen LogP contribution in [0.3, 0.4) is 0 Å². The van der Waals surface area contributed by atoms with Crippen LogP contribution in [-0.2, 0) is 19.1 Å². The second-order valence-electron chi connectivity index (χ2n) is 8.06. The second-order valence-corrected chi connectivity index (χ2v) is 8.06. The zero-order valence-corrected chi connectivity index (χ0v) is 22.5. The molecule has 1 unspecified atom stereocenters. The van der Waals surface area contributed by atoms with Crippen molar-refractivity contribution in [2.24, 2.45) is 0 Å². The minimum Gasteiger partial charge on any atom is -0.379 e. The van der Waals surface area contributed by atoms with E-state index in [1.165, 1.54) is 6.92 Å². The number of rotatable bonds is 16. The van der Waals surface area contributed by atoms with E-state index in [1.807, 2.05) is 13.8 Å². The van der Waals surface area contributed by atoms with Gasteiger partial charge in [0.1, 0.15) is 23.0 Å². The summed E-state index contributed by atoms with van der Waals surface area (Å²) in [5, 5.41) is 2.84. The first-order valence-corrected chi connectivity index (χ1v) is 12.8. The average molecular weight is 514 g/mol. The SMILES string of the molecule is CC.CCC(=O)CCOCC(COCCC(C)=O)NC(=O)c1ccc(-c2ccc(C(=O)CC)nc2)cn1. The summed E-state index contributed by atoms with van der Waals surface area (Å²) in [6.07, 6.45) is 4.62. The summed E-state index contributed by atoms with van der Waals surface area (Å²) in [5.41, 5.74) is 2.17. The molecule has 0 saturated carbocycles. The van der Waals surface area contributed by atoms with E-state index in [9.17, 15) is 19.2 Å². The van der Waals surface area contributed by atoms with Gasteiger partial charge in [-0.15, -0.1) is 0 Å². The van der Waals surface area contributed by atoms with Gasteiger partial charge in [0, 0.05) is 49.2 Å². The van der Waals surface area contributed by atoms with Gasteiger partial charge in [0.15, 0.2) is 5.78 Å². The molecule has 0 aliphatic heterocycles. The van der Waals surface area contributed by atoms with E-state index in [0.29, 0.717) is 25.0 Å². The number of pyridine rings is 2. The summed E-state index contributed by atoms with van der Waals surface area (Å²) in [6.45, 7) is 9.90. The van der Waals surface area contributed by atoms with E-state index < -0.39 is 11.9 Å². The molecule has 202 valence electrons. The third-order valence-electron chi connectivity index (χ3n) is 5.19. The molecule has 9 nitrogen and oxygen atoms in total. The zero-order chi connectivity index (χ0) is 27.6. The second kappa shape index (κ2) is 18.0. The van der Waals surface area contributed by atoms with Gasteiger partial charge in [-0.1, -0.05) is 39.8 Å². The molecular weight excluding hydrogens is 474 g/mol. The number of ether oxygens (including phenoxy) is 2. The van der Waals surface area contributed by atoms with Crippen molar-refractivity contribution in [2.45, 2.75) is 66.3 Å². The number of hydrogen-bond donors (Lipinski definition) is 1. The summed E-state index contributed by atoms with van der Waals surface area (Å²) < 4.78 is 11.1. The highest BCUT2D eigenvalue weighted by Gasteiger charge is 2.16. The number of aromatic nitrogens is 2. The molecule has 0 saturated heterocycles. The summed E-state index contributed by atoms with van der Waals surface area (Å²) in [7, 11) is 0. The molecule has 0 aliphatic rings. The van der Waals surface area contributed by atoms with Crippen LogP contribution < -0.4 is 5.32 Å². The highest BCUT2D eigenvalue weighted by atomic mass is 16.5. The van der Waals surface area contributed by atoms with Gasteiger partial charge in [-0.2, -0.15) is 0 Å². The third kappa shape index (κ3) is 12.0. The van der Waals surface area contributed by atoms with Gasteiger partial charge < -0.3 is 14.8 Å². The molecular formula is C28H39N3O6. The molecule has 0 fully saturated rings. The highest BCUT2D eigenvalue weighted by Crippen LogP contribution is 2.18. The Morgan fingerprint density at radius 1 is 0.811 bits per heavy atom. The number of hydrogen-bond acceptors (Lipinski definition) is 8. The van der Waals surface area contributed by atoms with Crippen molar-refractivity contribution in [3.05, 3.63) is 48.0 Å². The van der Waals surface area contributed by atoms with Crippen LogP contribution in [0.2, 0.25) is 0 Å². The summed E-state index contributed by atoms with van der Waals surface area (Å²) in [6, 6.07) is 6.35. The van der Waals surface area contributed by atoms with Crippen LogP contribution in [0.1, 0.15) is 81.3 Å².